The molecule has 132 valence electrons. The molecular formula is C17H17Cl2N3O2S. The number of rotatable bonds is 7. The van der Waals surface area contributed by atoms with Gasteiger partial charge in [-0.2, -0.15) is 0 Å². The van der Waals surface area contributed by atoms with E-state index in [2.05, 4.69) is 10.6 Å². The first-order chi connectivity index (χ1) is 11.9. The fourth-order valence-corrected chi connectivity index (χ4v) is 3.09. The average Bonchev–Trinajstić information content (AvgIpc) is 2.57. The molecule has 0 unspecified atom stereocenters. The molecule has 5 nitrogen and oxygen atoms in total. The smallest absolute Gasteiger partial charge is 0.246 e. The van der Waals surface area contributed by atoms with E-state index in [-0.39, 0.29) is 11.7 Å². The minimum Gasteiger partial charge on any atom is -0.373 e. The molecule has 8 heteroatoms. The van der Waals surface area contributed by atoms with Crippen molar-refractivity contribution < 1.29 is 9.59 Å². The van der Waals surface area contributed by atoms with Crippen molar-refractivity contribution in [3.63, 3.8) is 0 Å². The number of thioether (sulfide) groups is 1. The SMILES string of the molecule is C[C@H](Nc1ccccc1SCC(N)=O)C(=O)Nc1cc(Cl)ccc1Cl. The topological polar surface area (TPSA) is 84.2 Å². The molecule has 0 bridgehead atoms. The number of nitrogens with two attached hydrogens (primary N) is 1. The van der Waals surface area contributed by atoms with E-state index in [0.29, 0.717) is 15.7 Å². The van der Waals surface area contributed by atoms with Gasteiger partial charge in [-0.25, -0.2) is 0 Å². The Morgan fingerprint density at radius 3 is 2.60 bits per heavy atom. The second-order valence-electron chi connectivity index (χ2n) is 5.23. The Morgan fingerprint density at radius 1 is 1.16 bits per heavy atom. The number of nitrogens with one attached hydrogen (secondary N) is 2. The van der Waals surface area contributed by atoms with Crippen molar-refractivity contribution in [3.05, 3.63) is 52.5 Å². The molecule has 2 aromatic rings. The van der Waals surface area contributed by atoms with Crippen LogP contribution in [0, 0.1) is 0 Å². The zero-order valence-electron chi connectivity index (χ0n) is 13.4. The third-order valence-electron chi connectivity index (χ3n) is 3.21. The molecule has 0 radical (unpaired) electrons. The van der Waals surface area contributed by atoms with Gasteiger partial charge in [0.2, 0.25) is 11.8 Å². The minimum atomic E-state index is -0.537. The summed E-state index contributed by atoms with van der Waals surface area (Å²) in [6.45, 7) is 1.73. The molecular weight excluding hydrogens is 381 g/mol. The normalized spacial score (nSPS) is 11.6. The van der Waals surface area contributed by atoms with Crippen LogP contribution in [-0.2, 0) is 9.59 Å². The first-order valence-electron chi connectivity index (χ1n) is 7.39. The Hall–Kier alpha value is -1.89. The monoisotopic (exact) mass is 397 g/mol. The lowest BCUT2D eigenvalue weighted by atomic mass is 10.2. The van der Waals surface area contributed by atoms with Crippen LogP contribution in [0.25, 0.3) is 0 Å². The van der Waals surface area contributed by atoms with Crippen molar-refractivity contribution >= 4 is 58.2 Å². The van der Waals surface area contributed by atoms with Crippen LogP contribution in [-0.4, -0.2) is 23.6 Å². The molecule has 2 rings (SSSR count). The summed E-state index contributed by atoms with van der Waals surface area (Å²) in [5, 5.41) is 6.75. The van der Waals surface area contributed by atoms with Gasteiger partial charge in [-0.15, -0.1) is 11.8 Å². The molecule has 0 saturated heterocycles. The maximum absolute atomic E-state index is 12.4. The zero-order valence-corrected chi connectivity index (χ0v) is 15.7. The van der Waals surface area contributed by atoms with Gasteiger partial charge in [0.15, 0.2) is 0 Å². The number of carbonyl (C=O) groups is 2. The molecule has 0 aliphatic rings. The highest BCUT2D eigenvalue weighted by Gasteiger charge is 2.16. The van der Waals surface area contributed by atoms with Gasteiger partial charge in [0.1, 0.15) is 6.04 Å². The Labute approximate surface area is 160 Å². The summed E-state index contributed by atoms with van der Waals surface area (Å²) in [6.07, 6.45) is 0. The highest BCUT2D eigenvalue weighted by Crippen LogP contribution is 2.28. The molecule has 0 spiro atoms. The van der Waals surface area contributed by atoms with Crippen molar-refractivity contribution in [1.29, 1.82) is 0 Å². The van der Waals surface area contributed by atoms with Crippen LogP contribution < -0.4 is 16.4 Å². The third-order valence-corrected chi connectivity index (χ3v) is 4.87. The summed E-state index contributed by atoms with van der Waals surface area (Å²) in [4.78, 5) is 24.2. The van der Waals surface area contributed by atoms with Crippen LogP contribution in [0.1, 0.15) is 6.92 Å². The summed E-state index contributed by atoms with van der Waals surface area (Å²) in [5.41, 5.74) is 6.38. The van der Waals surface area contributed by atoms with Gasteiger partial charge in [-0.05, 0) is 37.3 Å². The van der Waals surface area contributed by atoms with Gasteiger partial charge in [0, 0.05) is 15.6 Å². The number of benzene rings is 2. The molecule has 2 amide bonds. The molecule has 25 heavy (non-hydrogen) atoms. The first kappa shape index (κ1) is 19.4. The second-order valence-corrected chi connectivity index (χ2v) is 7.09. The number of primary amides is 1. The first-order valence-corrected chi connectivity index (χ1v) is 9.13. The molecule has 0 aliphatic carbocycles. The highest BCUT2D eigenvalue weighted by molar-refractivity contribution is 8.00. The van der Waals surface area contributed by atoms with E-state index in [0.717, 1.165) is 10.6 Å². The van der Waals surface area contributed by atoms with Crippen LogP contribution >= 0.6 is 35.0 Å². The fourth-order valence-electron chi connectivity index (χ4n) is 1.99. The summed E-state index contributed by atoms with van der Waals surface area (Å²) < 4.78 is 0. The second kappa shape index (κ2) is 8.99. The Morgan fingerprint density at radius 2 is 1.88 bits per heavy atom. The van der Waals surface area contributed by atoms with E-state index in [9.17, 15) is 9.59 Å². The zero-order chi connectivity index (χ0) is 18.4. The van der Waals surface area contributed by atoms with E-state index in [1.807, 2.05) is 24.3 Å². The maximum atomic E-state index is 12.4. The Kier molecular flexibility index (Phi) is 6.99. The van der Waals surface area contributed by atoms with E-state index >= 15 is 0 Å². The fraction of sp³-hybridized carbons (Fsp3) is 0.176. The van der Waals surface area contributed by atoms with Crippen molar-refractivity contribution in [2.24, 2.45) is 5.73 Å². The van der Waals surface area contributed by atoms with Gasteiger partial charge in [-0.3, -0.25) is 9.59 Å². The minimum absolute atomic E-state index is 0.164. The molecule has 0 saturated carbocycles. The van der Waals surface area contributed by atoms with Crippen LogP contribution in [0.4, 0.5) is 11.4 Å². The number of carbonyl (C=O) groups excluding carboxylic acids is 2. The largest absolute Gasteiger partial charge is 0.373 e. The number of anilines is 2. The highest BCUT2D eigenvalue weighted by atomic mass is 35.5. The standard InChI is InChI=1S/C17H17Cl2N3O2S/c1-10(17(24)22-14-8-11(18)6-7-12(14)19)21-13-4-2-3-5-15(13)25-9-16(20)23/h2-8,10,21H,9H2,1H3,(H2,20,23)(H,22,24)/t10-/m0/s1. The van der Waals surface area contributed by atoms with Crippen LogP contribution in [0.5, 0.6) is 0 Å². The third kappa shape index (κ3) is 5.85. The predicted molar refractivity (Wildman–Crippen MR) is 105 cm³/mol. The molecule has 0 aliphatic heterocycles. The van der Waals surface area contributed by atoms with Gasteiger partial charge >= 0.3 is 0 Å². The maximum Gasteiger partial charge on any atom is 0.246 e. The Bertz CT molecular complexity index is 786. The van der Waals surface area contributed by atoms with Crippen LogP contribution in [0.3, 0.4) is 0 Å². The lowest BCUT2D eigenvalue weighted by Gasteiger charge is -2.18. The van der Waals surface area contributed by atoms with E-state index in [1.54, 1.807) is 25.1 Å². The number of halogens is 2. The average molecular weight is 398 g/mol. The Balaban J connectivity index is 2.06. The van der Waals surface area contributed by atoms with Crippen molar-refractivity contribution in [1.82, 2.24) is 0 Å². The molecule has 0 fully saturated rings. The van der Waals surface area contributed by atoms with Crippen molar-refractivity contribution in [2.75, 3.05) is 16.4 Å². The molecule has 2 aromatic carbocycles. The van der Waals surface area contributed by atoms with E-state index < -0.39 is 11.9 Å². The van der Waals surface area contributed by atoms with Gasteiger partial charge in [0.05, 0.1) is 16.5 Å². The summed E-state index contributed by atoms with van der Waals surface area (Å²) in [6, 6.07) is 11.7. The van der Waals surface area contributed by atoms with Gasteiger partial charge < -0.3 is 16.4 Å². The lowest BCUT2D eigenvalue weighted by molar-refractivity contribution is -0.117. The van der Waals surface area contributed by atoms with Crippen molar-refractivity contribution in [3.8, 4) is 0 Å². The predicted octanol–water partition coefficient (Wildman–Crippen LogP) is 4.01. The van der Waals surface area contributed by atoms with Crippen LogP contribution in [0.15, 0.2) is 47.4 Å². The lowest BCUT2D eigenvalue weighted by Crippen LogP contribution is -2.32. The van der Waals surface area contributed by atoms with E-state index in [4.69, 9.17) is 28.9 Å². The van der Waals surface area contributed by atoms with Crippen molar-refractivity contribution in [2.45, 2.75) is 17.9 Å². The number of amides is 2. The quantitative estimate of drug-likeness (QED) is 0.616. The number of para-hydroxylation sites is 1. The van der Waals surface area contributed by atoms with Crippen LogP contribution in [0.2, 0.25) is 10.0 Å². The molecule has 1 atom stereocenters. The van der Waals surface area contributed by atoms with Gasteiger partial charge in [0.25, 0.3) is 0 Å². The summed E-state index contributed by atoms with van der Waals surface area (Å²) >= 11 is 13.3. The molecule has 4 N–H and O–H groups in total. The summed E-state index contributed by atoms with van der Waals surface area (Å²) in [5.74, 6) is -0.503. The van der Waals surface area contributed by atoms with E-state index in [1.165, 1.54) is 11.8 Å². The van der Waals surface area contributed by atoms with Gasteiger partial charge in [-0.1, -0.05) is 35.3 Å². The number of hydrogen-bond donors (Lipinski definition) is 3. The summed E-state index contributed by atoms with van der Waals surface area (Å²) in [7, 11) is 0. The molecule has 0 aromatic heterocycles. The molecule has 0 heterocycles. The number of hydrogen-bond acceptors (Lipinski definition) is 4.